The molecule has 0 saturated carbocycles. The molecule has 9 nitrogen and oxygen atoms in total. The highest BCUT2D eigenvalue weighted by molar-refractivity contribution is 7.89. The van der Waals surface area contributed by atoms with Gasteiger partial charge in [0.05, 0.1) is 11.4 Å². The number of carbonyl (C=O) groups excluding carboxylic acids is 3. The van der Waals surface area contributed by atoms with E-state index in [2.05, 4.69) is 5.32 Å². The SMILES string of the molecule is CN(CC(=O)NC(C)(C)C)C(=O)COC(=O)CCCN(C)S(=O)(=O)c1ccc(F)cc1. The summed E-state index contributed by atoms with van der Waals surface area (Å²) in [5.41, 5.74) is -0.426. The van der Waals surface area contributed by atoms with E-state index in [0.717, 1.165) is 21.3 Å². The zero-order valence-electron chi connectivity index (χ0n) is 18.5. The number of carbonyl (C=O) groups is 3. The van der Waals surface area contributed by atoms with E-state index in [1.807, 2.05) is 20.8 Å². The lowest BCUT2D eigenvalue weighted by molar-refractivity contribution is -0.152. The van der Waals surface area contributed by atoms with Crippen molar-refractivity contribution in [2.24, 2.45) is 0 Å². The molecular weight excluding hydrogens is 429 g/mol. The van der Waals surface area contributed by atoms with E-state index in [-0.39, 0.29) is 36.7 Å². The van der Waals surface area contributed by atoms with Gasteiger partial charge in [-0.1, -0.05) is 0 Å². The molecule has 1 aromatic rings. The Bertz CT molecular complexity index is 881. The van der Waals surface area contributed by atoms with Gasteiger partial charge in [-0.25, -0.2) is 17.1 Å². The van der Waals surface area contributed by atoms with Crippen molar-refractivity contribution in [1.82, 2.24) is 14.5 Å². The molecule has 11 heteroatoms. The van der Waals surface area contributed by atoms with Crippen molar-refractivity contribution in [3.05, 3.63) is 30.1 Å². The average molecular weight is 460 g/mol. The number of esters is 1. The van der Waals surface area contributed by atoms with Gasteiger partial charge in [0.25, 0.3) is 5.91 Å². The first kappa shape index (κ1) is 26.5. The minimum Gasteiger partial charge on any atom is -0.456 e. The van der Waals surface area contributed by atoms with Gasteiger partial charge < -0.3 is 15.0 Å². The lowest BCUT2D eigenvalue weighted by Crippen LogP contribution is -2.46. The van der Waals surface area contributed by atoms with Crippen molar-refractivity contribution >= 4 is 27.8 Å². The van der Waals surface area contributed by atoms with Crippen molar-refractivity contribution in [3.8, 4) is 0 Å². The summed E-state index contributed by atoms with van der Waals surface area (Å²) in [6, 6.07) is 4.44. The Morgan fingerprint density at radius 3 is 2.23 bits per heavy atom. The third-order valence-corrected chi connectivity index (χ3v) is 5.92. The van der Waals surface area contributed by atoms with Crippen LogP contribution in [-0.2, 0) is 29.1 Å². The highest BCUT2D eigenvalue weighted by atomic mass is 32.2. The molecule has 0 spiro atoms. The summed E-state index contributed by atoms with van der Waals surface area (Å²) in [7, 11) is -1.02. The summed E-state index contributed by atoms with van der Waals surface area (Å²) < 4.78 is 43.7. The zero-order chi connectivity index (χ0) is 23.8. The first-order valence-corrected chi connectivity index (χ1v) is 11.1. The number of rotatable bonds is 10. The molecule has 0 bridgehead atoms. The van der Waals surface area contributed by atoms with E-state index in [1.54, 1.807) is 0 Å². The predicted molar refractivity (Wildman–Crippen MR) is 112 cm³/mol. The summed E-state index contributed by atoms with van der Waals surface area (Å²) in [5, 5.41) is 2.72. The molecule has 31 heavy (non-hydrogen) atoms. The molecule has 1 aromatic carbocycles. The molecule has 0 unspecified atom stereocenters. The molecule has 0 aliphatic heterocycles. The van der Waals surface area contributed by atoms with Crippen LogP contribution in [0.3, 0.4) is 0 Å². The molecule has 174 valence electrons. The lowest BCUT2D eigenvalue weighted by atomic mass is 10.1. The Labute approximate surface area is 182 Å². The first-order chi connectivity index (χ1) is 14.2. The predicted octanol–water partition coefficient (Wildman–Crippen LogP) is 1.14. The number of hydrogen-bond acceptors (Lipinski definition) is 6. The van der Waals surface area contributed by atoms with E-state index in [4.69, 9.17) is 4.74 Å². The summed E-state index contributed by atoms with van der Waals surface area (Å²) in [6.45, 7) is 4.81. The summed E-state index contributed by atoms with van der Waals surface area (Å²) in [6.07, 6.45) is 0.0819. The quantitative estimate of drug-likeness (QED) is 0.525. The number of hydrogen-bond donors (Lipinski definition) is 1. The standard InChI is InChI=1S/C20H30FN3O6S/c1-20(2,3)22-17(25)13-23(4)18(26)14-30-19(27)7-6-12-24(5)31(28,29)16-10-8-15(21)9-11-16/h8-11H,6-7,12-14H2,1-5H3,(H,22,25). The lowest BCUT2D eigenvalue weighted by Gasteiger charge is -2.23. The van der Waals surface area contributed by atoms with Crippen molar-refractivity contribution < 1.29 is 31.9 Å². The van der Waals surface area contributed by atoms with Crippen LogP contribution in [-0.4, -0.2) is 74.7 Å². The second-order valence-electron chi connectivity index (χ2n) is 8.09. The Hall–Kier alpha value is -2.53. The number of benzene rings is 1. The molecule has 2 amide bonds. The van der Waals surface area contributed by atoms with Crippen LogP contribution in [0.2, 0.25) is 0 Å². The maximum absolute atomic E-state index is 13.0. The van der Waals surface area contributed by atoms with Gasteiger partial charge in [0.2, 0.25) is 15.9 Å². The van der Waals surface area contributed by atoms with E-state index in [9.17, 15) is 27.2 Å². The Kier molecular flexibility index (Phi) is 9.57. The number of ether oxygens (including phenoxy) is 1. The summed E-state index contributed by atoms with van der Waals surface area (Å²) in [4.78, 5) is 36.8. The molecule has 0 radical (unpaired) electrons. The zero-order valence-corrected chi connectivity index (χ0v) is 19.3. The first-order valence-electron chi connectivity index (χ1n) is 9.65. The Morgan fingerprint density at radius 2 is 1.68 bits per heavy atom. The summed E-state index contributed by atoms with van der Waals surface area (Å²) in [5.74, 6) is -2.07. The van der Waals surface area contributed by atoms with Crippen molar-refractivity contribution in [2.75, 3.05) is 33.8 Å². The van der Waals surface area contributed by atoms with E-state index < -0.39 is 39.9 Å². The van der Waals surface area contributed by atoms with Crippen LogP contribution in [0.15, 0.2) is 29.2 Å². The molecule has 1 N–H and O–H groups in total. The van der Waals surface area contributed by atoms with Crippen molar-refractivity contribution in [2.45, 2.75) is 44.0 Å². The van der Waals surface area contributed by atoms with Gasteiger partial charge >= 0.3 is 5.97 Å². The largest absolute Gasteiger partial charge is 0.456 e. The van der Waals surface area contributed by atoms with Gasteiger partial charge in [-0.15, -0.1) is 0 Å². The smallest absolute Gasteiger partial charge is 0.306 e. The maximum Gasteiger partial charge on any atom is 0.306 e. The number of likely N-dealkylation sites (N-methyl/N-ethyl adjacent to an activating group) is 1. The normalized spacial score (nSPS) is 11.8. The minimum atomic E-state index is -3.80. The van der Waals surface area contributed by atoms with E-state index in [1.165, 1.54) is 26.2 Å². The van der Waals surface area contributed by atoms with Gasteiger partial charge in [0.1, 0.15) is 5.82 Å². The van der Waals surface area contributed by atoms with E-state index >= 15 is 0 Å². The fraction of sp³-hybridized carbons (Fsp3) is 0.550. The van der Waals surface area contributed by atoms with Gasteiger partial charge in [0, 0.05) is 32.6 Å². The van der Waals surface area contributed by atoms with Crippen LogP contribution in [0.5, 0.6) is 0 Å². The highest BCUT2D eigenvalue weighted by Gasteiger charge is 2.21. The minimum absolute atomic E-state index is 0.0373. The molecule has 0 aromatic heterocycles. The molecule has 0 aliphatic carbocycles. The van der Waals surface area contributed by atoms with Crippen LogP contribution in [0.25, 0.3) is 0 Å². The molecule has 0 atom stereocenters. The fourth-order valence-corrected chi connectivity index (χ4v) is 3.65. The van der Waals surface area contributed by atoms with Crippen LogP contribution in [0, 0.1) is 5.82 Å². The number of halogens is 1. The Balaban J connectivity index is 2.39. The van der Waals surface area contributed by atoms with Crippen molar-refractivity contribution in [1.29, 1.82) is 0 Å². The van der Waals surface area contributed by atoms with Gasteiger partial charge in [-0.05, 0) is 51.5 Å². The van der Waals surface area contributed by atoms with E-state index in [0.29, 0.717) is 0 Å². The molecular formula is C20H30FN3O6S. The molecule has 1 rings (SSSR count). The summed E-state index contributed by atoms with van der Waals surface area (Å²) >= 11 is 0. The van der Waals surface area contributed by atoms with Crippen LogP contribution in [0.1, 0.15) is 33.6 Å². The van der Waals surface area contributed by atoms with Crippen LogP contribution in [0.4, 0.5) is 4.39 Å². The molecule has 0 saturated heterocycles. The van der Waals surface area contributed by atoms with Crippen LogP contribution < -0.4 is 5.32 Å². The number of amides is 2. The van der Waals surface area contributed by atoms with Gasteiger partial charge in [0.15, 0.2) is 6.61 Å². The maximum atomic E-state index is 13.0. The number of nitrogens with zero attached hydrogens (tertiary/aromatic N) is 2. The number of nitrogens with one attached hydrogen (secondary N) is 1. The second-order valence-corrected chi connectivity index (χ2v) is 10.1. The topological polar surface area (TPSA) is 113 Å². The number of sulfonamides is 1. The molecule has 0 heterocycles. The third-order valence-electron chi connectivity index (χ3n) is 4.05. The van der Waals surface area contributed by atoms with Gasteiger partial charge in [-0.3, -0.25) is 14.4 Å². The monoisotopic (exact) mass is 459 g/mol. The molecule has 0 fully saturated rings. The highest BCUT2D eigenvalue weighted by Crippen LogP contribution is 2.15. The Morgan fingerprint density at radius 1 is 1.10 bits per heavy atom. The van der Waals surface area contributed by atoms with Gasteiger partial charge in [-0.2, -0.15) is 0 Å². The second kappa shape index (κ2) is 11.2. The fourth-order valence-electron chi connectivity index (χ4n) is 2.44. The van der Waals surface area contributed by atoms with Crippen LogP contribution >= 0.6 is 0 Å². The van der Waals surface area contributed by atoms with Crippen molar-refractivity contribution in [3.63, 3.8) is 0 Å². The third kappa shape index (κ3) is 9.43. The molecule has 0 aliphatic rings. The average Bonchev–Trinajstić information content (AvgIpc) is 2.64.